The minimum atomic E-state index is -0.999. The summed E-state index contributed by atoms with van der Waals surface area (Å²) in [5.41, 5.74) is 3.87. The Labute approximate surface area is 219 Å². The van der Waals surface area contributed by atoms with Gasteiger partial charge in [0.2, 0.25) is 0 Å². The minimum absolute atomic E-state index is 0.0836. The highest BCUT2D eigenvalue weighted by atomic mass is 127. The van der Waals surface area contributed by atoms with Crippen LogP contribution in [-0.2, 0) is 23.3 Å². The number of urea groups is 1. The zero-order valence-electron chi connectivity index (χ0n) is 19.7. The van der Waals surface area contributed by atoms with Crippen molar-refractivity contribution in [2.75, 3.05) is 13.6 Å². The Kier molecular flexibility index (Phi) is 7.39. The lowest BCUT2D eigenvalue weighted by Crippen LogP contribution is -2.40. The van der Waals surface area contributed by atoms with E-state index in [9.17, 15) is 9.59 Å². The molecule has 0 bridgehead atoms. The molecule has 4 rings (SSSR count). The third-order valence-electron chi connectivity index (χ3n) is 6.24. The SMILES string of the molecule is CN1C(=N)NC(C)(c2cccc(-c3cc(I)ccc3CNC(=O)NCCc3ccccc3)c2)C1=O. The van der Waals surface area contributed by atoms with Crippen LogP contribution in [0.25, 0.3) is 11.1 Å². The first-order valence-electron chi connectivity index (χ1n) is 11.4. The highest BCUT2D eigenvalue weighted by molar-refractivity contribution is 14.1. The minimum Gasteiger partial charge on any atom is -0.338 e. The molecule has 8 heteroatoms. The normalized spacial score (nSPS) is 17.3. The Bertz CT molecular complexity index is 1260. The van der Waals surface area contributed by atoms with Gasteiger partial charge in [-0.25, -0.2) is 4.79 Å². The van der Waals surface area contributed by atoms with Gasteiger partial charge in [-0.2, -0.15) is 0 Å². The molecule has 3 aromatic rings. The molecule has 3 amide bonds. The molecule has 3 aromatic carbocycles. The Morgan fingerprint density at radius 3 is 2.54 bits per heavy atom. The number of halogens is 1. The molecule has 7 nitrogen and oxygen atoms in total. The van der Waals surface area contributed by atoms with Crippen molar-refractivity contribution >= 4 is 40.5 Å². The summed E-state index contributed by atoms with van der Waals surface area (Å²) in [7, 11) is 1.60. The number of hydrogen-bond donors (Lipinski definition) is 4. The average molecular weight is 581 g/mol. The van der Waals surface area contributed by atoms with Crippen molar-refractivity contribution in [2.24, 2.45) is 0 Å². The van der Waals surface area contributed by atoms with Crippen LogP contribution < -0.4 is 16.0 Å². The fourth-order valence-electron chi connectivity index (χ4n) is 4.18. The maximum absolute atomic E-state index is 12.8. The number of guanidine groups is 1. The number of nitrogens with one attached hydrogen (secondary N) is 4. The zero-order chi connectivity index (χ0) is 25.0. The first kappa shape index (κ1) is 24.7. The molecule has 4 N–H and O–H groups in total. The van der Waals surface area contributed by atoms with Gasteiger partial charge in [-0.05, 0) is 82.0 Å². The second-order valence-electron chi connectivity index (χ2n) is 8.69. The Morgan fingerprint density at radius 1 is 1.06 bits per heavy atom. The second-order valence-corrected chi connectivity index (χ2v) is 9.94. The smallest absolute Gasteiger partial charge is 0.315 e. The summed E-state index contributed by atoms with van der Waals surface area (Å²) >= 11 is 2.27. The van der Waals surface area contributed by atoms with Gasteiger partial charge >= 0.3 is 6.03 Å². The molecule has 1 heterocycles. The molecule has 1 atom stereocenters. The zero-order valence-corrected chi connectivity index (χ0v) is 21.8. The van der Waals surface area contributed by atoms with Gasteiger partial charge < -0.3 is 16.0 Å². The summed E-state index contributed by atoms with van der Waals surface area (Å²) in [6, 6.07) is 23.7. The lowest BCUT2D eigenvalue weighted by molar-refractivity contribution is -0.129. The molecule has 0 aliphatic carbocycles. The van der Waals surface area contributed by atoms with Gasteiger partial charge in [0, 0.05) is 23.7 Å². The standard InChI is InChI=1S/C27H28IN5O2/c1-27(24(34)33(2)25(29)32-27)21-10-6-9-19(15-21)23-16-22(28)12-11-20(23)17-31-26(35)30-14-13-18-7-4-3-5-8-18/h3-12,15-16H,13-14,17H2,1-2H3,(H2,29,32)(H2,30,31,35). The lowest BCUT2D eigenvalue weighted by Gasteiger charge is -2.23. The number of nitrogens with zero attached hydrogens (tertiary/aromatic N) is 1. The van der Waals surface area contributed by atoms with Crippen LogP contribution in [0.2, 0.25) is 0 Å². The number of rotatable bonds is 7. The molecule has 0 saturated carbocycles. The first-order chi connectivity index (χ1) is 16.8. The number of carbonyl (C=O) groups excluding carboxylic acids is 2. The van der Waals surface area contributed by atoms with Crippen LogP contribution in [0.4, 0.5) is 4.79 Å². The number of benzene rings is 3. The second kappa shape index (κ2) is 10.5. The predicted molar refractivity (Wildman–Crippen MR) is 146 cm³/mol. The predicted octanol–water partition coefficient (Wildman–Crippen LogP) is 4.21. The Morgan fingerprint density at radius 2 is 1.83 bits per heavy atom. The molecule has 0 radical (unpaired) electrons. The van der Waals surface area contributed by atoms with Gasteiger partial charge in [-0.3, -0.25) is 15.1 Å². The maximum Gasteiger partial charge on any atom is 0.315 e. The molecule has 1 fully saturated rings. The molecule has 35 heavy (non-hydrogen) atoms. The molecule has 1 aliphatic rings. The number of carbonyl (C=O) groups is 2. The van der Waals surface area contributed by atoms with Gasteiger partial charge in [0.15, 0.2) is 5.96 Å². The van der Waals surface area contributed by atoms with E-state index in [1.807, 2.05) is 66.7 Å². The van der Waals surface area contributed by atoms with Crippen molar-refractivity contribution in [1.29, 1.82) is 5.41 Å². The summed E-state index contributed by atoms with van der Waals surface area (Å²) in [6.07, 6.45) is 0.772. The average Bonchev–Trinajstić information content (AvgIpc) is 3.07. The maximum atomic E-state index is 12.8. The van der Waals surface area contributed by atoms with Crippen molar-refractivity contribution < 1.29 is 9.59 Å². The fraction of sp³-hybridized carbons (Fsp3) is 0.222. The molecular formula is C27H28IN5O2. The summed E-state index contributed by atoms with van der Waals surface area (Å²) in [4.78, 5) is 26.5. The Balaban J connectivity index is 1.48. The van der Waals surface area contributed by atoms with Crippen molar-refractivity contribution in [3.8, 4) is 11.1 Å². The van der Waals surface area contributed by atoms with Crippen molar-refractivity contribution in [3.05, 3.63) is 93.1 Å². The first-order valence-corrected chi connectivity index (χ1v) is 12.5. The highest BCUT2D eigenvalue weighted by Crippen LogP contribution is 2.32. The van der Waals surface area contributed by atoms with Gasteiger partial charge in [-0.1, -0.05) is 54.6 Å². The van der Waals surface area contributed by atoms with E-state index >= 15 is 0 Å². The van der Waals surface area contributed by atoms with E-state index in [4.69, 9.17) is 5.41 Å². The van der Waals surface area contributed by atoms with Crippen LogP contribution in [-0.4, -0.2) is 36.4 Å². The summed E-state index contributed by atoms with van der Waals surface area (Å²) in [5.74, 6) is -0.0864. The summed E-state index contributed by atoms with van der Waals surface area (Å²) in [6.45, 7) is 2.72. The van der Waals surface area contributed by atoms with Gasteiger partial charge in [0.05, 0.1) is 0 Å². The quantitative estimate of drug-likeness (QED) is 0.315. The van der Waals surface area contributed by atoms with E-state index < -0.39 is 5.54 Å². The molecule has 1 aliphatic heterocycles. The third-order valence-corrected chi connectivity index (χ3v) is 6.91. The van der Waals surface area contributed by atoms with Gasteiger partial charge in [0.25, 0.3) is 5.91 Å². The monoisotopic (exact) mass is 581 g/mol. The van der Waals surface area contributed by atoms with Gasteiger partial charge in [-0.15, -0.1) is 0 Å². The van der Waals surface area contributed by atoms with E-state index in [-0.39, 0.29) is 17.9 Å². The largest absolute Gasteiger partial charge is 0.338 e. The van der Waals surface area contributed by atoms with E-state index in [0.717, 1.165) is 32.2 Å². The van der Waals surface area contributed by atoms with E-state index in [1.54, 1.807) is 14.0 Å². The van der Waals surface area contributed by atoms with Crippen LogP contribution >= 0.6 is 22.6 Å². The molecular weight excluding hydrogens is 553 g/mol. The number of likely N-dealkylation sites (N-methyl/N-ethyl adjacent to an activating group) is 1. The highest BCUT2D eigenvalue weighted by Gasteiger charge is 2.45. The van der Waals surface area contributed by atoms with Crippen LogP contribution in [0.1, 0.15) is 23.6 Å². The van der Waals surface area contributed by atoms with Crippen molar-refractivity contribution in [1.82, 2.24) is 20.9 Å². The molecule has 1 unspecified atom stereocenters. The van der Waals surface area contributed by atoms with E-state index in [2.05, 4.69) is 44.6 Å². The van der Waals surface area contributed by atoms with Crippen molar-refractivity contribution in [2.45, 2.75) is 25.4 Å². The third kappa shape index (κ3) is 5.48. The van der Waals surface area contributed by atoms with Crippen molar-refractivity contribution in [3.63, 3.8) is 0 Å². The van der Waals surface area contributed by atoms with Crippen LogP contribution in [0.3, 0.4) is 0 Å². The molecule has 0 spiro atoms. The van der Waals surface area contributed by atoms with Crippen LogP contribution in [0.15, 0.2) is 72.8 Å². The van der Waals surface area contributed by atoms with E-state index in [0.29, 0.717) is 13.1 Å². The van der Waals surface area contributed by atoms with Crippen LogP contribution in [0.5, 0.6) is 0 Å². The van der Waals surface area contributed by atoms with Crippen LogP contribution in [0, 0.1) is 8.98 Å². The van der Waals surface area contributed by atoms with E-state index in [1.165, 1.54) is 10.5 Å². The summed E-state index contributed by atoms with van der Waals surface area (Å²) in [5, 5.41) is 16.9. The van der Waals surface area contributed by atoms with Gasteiger partial charge in [0.1, 0.15) is 5.54 Å². The molecule has 180 valence electrons. The fourth-order valence-corrected chi connectivity index (χ4v) is 4.67. The topological polar surface area (TPSA) is 97.3 Å². The number of hydrogen-bond acceptors (Lipinski definition) is 3. The molecule has 1 saturated heterocycles. The molecule has 0 aromatic heterocycles. The lowest BCUT2D eigenvalue weighted by atomic mass is 9.88. The Hall–Kier alpha value is -3.40. The summed E-state index contributed by atoms with van der Waals surface area (Å²) < 4.78 is 1.07. The number of amides is 3.